The highest BCUT2D eigenvalue weighted by Gasteiger charge is 2.18. The van der Waals surface area contributed by atoms with Crippen molar-refractivity contribution in [1.29, 1.82) is 0 Å². The first-order valence-corrected chi connectivity index (χ1v) is 7.15. The Kier molecular flexibility index (Phi) is 4.59. The number of hydrogen-bond acceptors (Lipinski definition) is 3. The molecular formula is C15H15FN2OS. The van der Waals surface area contributed by atoms with Crippen LogP contribution in [0.2, 0.25) is 0 Å². The molecule has 2 rings (SSSR count). The lowest BCUT2D eigenvalue weighted by atomic mass is 10.2. The van der Waals surface area contributed by atoms with Gasteiger partial charge in [-0.05, 0) is 25.0 Å². The van der Waals surface area contributed by atoms with Gasteiger partial charge in [-0.15, -0.1) is 23.7 Å². The Morgan fingerprint density at radius 2 is 2.25 bits per heavy atom. The maximum absolute atomic E-state index is 13.7. The highest BCUT2D eigenvalue weighted by Crippen LogP contribution is 2.35. The second-order valence-corrected chi connectivity index (χ2v) is 5.43. The van der Waals surface area contributed by atoms with Crippen molar-refractivity contribution in [3.63, 3.8) is 0 Å². The van der Waals surface area contributed by atoms with Crippen molar-refractivity contribution in [2.24, 2.45) is 0 Å². The summed E-state index contributed by atoms with van der Waals surface area (Å²) in [4.78, 5) is 12.4. The number of amides is 1. The van der Waals surface area contributed by atoms with E-state index in [0.29, 0.717) is 27.9 Å². The third-order valence-corrected chi connectivity index (χ3v) is 4.11. The maximum Gasteiger partial charge on any atom is 0.263 e. The third kappa shape index (κ3) is 2.91. The van der Waals surface area contributed by atoms with Crippen LogP contribution in [-0.2, 0) is 0 Å². The molecule has 0 unspecified atom stereocenters. The van der Waals surface area contributed by atoms with Gasteiger partial charge < -0.3 is 11.1 Å². The number of terminal acetylenes is 1. The van der Waals surface area contributed by atoms with Gasteiger partial charge in [0.05, 0.1) is 11.1 Å². The van der Waals surface area contributed by atoms with E-state index in [-0.39, 0.29) is 11.6 Å². The van der Waals surface area contributed by atoms with Crippen molar-refractivity contribution in [1.82, 2.24) is 5.32 Å². The van der Waals surface area contributed by atoms with Gasteiger partial charge in [0, 0.05) is 17.7 Å². The number of carbonyl (C=O) groups excluding carboxylic acids is 1. The lowest BCUT2D eigenvalue weighted by Gasteiger charge is -2.03. The lowest BCUT2D eigenvalue weighted by Crippen LogP contribution is -2.24. The van der Waals surface area contributed by atoms with Crippen LogP contribution < -0.4 is 11.1 Å². The molecule has 0 aliphatic rings. The fourth-order valence-corrected chi connectivity index (χ4v) is 2.99. The minimum atomic E-state index is -0.399. The average Bonchev–Trinajstić information content (AvgIpc) is 2.77. The molecule has 0 bridgehead atoms. The van der Waals surface area contributed by atoms with Crippen LogP contribution >= 0.6 is 11.3 Å². The van der Waals surface area contributed by atoms with Crippen molar-refractivity contribution < 1.29 is 9.18 Å². The first-order valence-electron chi connectivity index (χ1n) is 6.33. The number of nitrogen functional groups attached to an aromatic ring is 1. The monoisotopic (exact) mass is 290 g/mol. The first kappa shape index (κ1) is 14.4. The molecule has 20 heavy (non-hydrogen) atoms. The molecule has 0 atom stereocenters. The number of nitrogens with two attached hydrogens (primary N) is 1. The van der Waals surface area contributed by atoms with Gasteiger partial charge in [0.2, 0.25) is 0 Å². The SMILES string of the molecule is C#CCCCCNC(=O)c1sc2cccc(F)c2c1N. The summed E-state index contributed by atoms with van der Waals surface area (Å²) in [7, 11) is 0. The number of carbonyl (C=O) groups is 1. The molecule has 0 aliphatic heterocycles. The Balaban J connectivity index is 2.09. The molecule has 1 aromatic heterocycles. The quantitative estimate of drug-likeness (QED) is 0.656. The summed E-state index contributed by atoms with van der Waals surface area (Å²) < 4.78 is 14.4. The molecule has 0 radical (unpaired) electrons. The summed E-state index contributed by atoms with van der Waals surface area (Å²) in [6, 6.07) is 4.70. The number of rotatable bonds is 5. The molecule has 104 valence electrons. The van der Waals surface area contributed by atoms with Gasteiger partial charge in [-0.25, -0.2) is 4.39 Å². The Morgan fingerprint density at radius 1 is 1.45 bits per heavy atom. The van der Waals surface area contributed by atoms with Gasteiger partial charge in [0.25, 0.3) is 5.91 Å². The number of halogens is 1. The van der Waals surface area contributed by atoms with Crippen LogP contribution in [0.4, 0.5) is 10.1 Å². The fourth-order valence-electron chi connectivity index (χ4n) is 1.93. The van der Waals surface area contributed by atoms with E-state index in [1.54, 1.807) is 12.1 Å². The fraction of sp³-hybridized carbons (Fsp3) is 0.267. The van der Waals surface area contributed by atoms with Crippen LogP contribution in [0.3, 0.4) is 0 Å². The summed E-state index contributed by atoms with van der Waals surface area (Å²) >= 11 is 1.21. The Morgan fingerprint density at radius 3 is 2.95 bits per heavy atom. The standard InChI is InChI=1S/C15H15FN2OS/c1-2-3-4-5-9-18-15(19)14-13(17)12-10(16)7-6-8-11(12)20-14/h1,6-8H,3-5,9,17H2,(H,18,19). The lowest BCUT2D eigenvalue weighted by molar-refractivity contribution is 0.0958. The van der Waals surface area contributed by atoms with Gasteiger partial charge in [-0.3, -0.25) is 4.79 Å². The molecule has 0 aliphatic carbocycles. The number of thiophene rings is 1. The minimum Gasteiger partial charge on any atom is -0.397 e. The van der Waals surface area contributed by atoms with Gasteiger partial charge in [0.15, 0.2) is 0 Å². The Labute approximate surface area is 121 Å². The second-order valence-electron chi connectivity index (χ2n) is 4.37. The summed E-state index contributed by atoms with van der Waals surface area (Å²) in [5.41, 5.74) is 6.09. The summed E-state index contributed by atoms with van der Waals surface area (Å²) in [6.07, 6.45) is 7.53. The normalized spacial score (nSPS) is 10.4. The Hall–Kier alpha value is -2.06. The van der Waals surface area contributed by atoms with E-state index >= 15 is 0 Å². The zero-order chi connectivity index (χ0) is 14.5. The van der Waals surface area contributed by atoms with E-state index in [2.05, 4.69) is 11.2 Å². The molecule has 0 fully saturated rings. The number of benzene rings is 1. The molecule has 2 aromatic rings. The summed E-state index contributed by atoms with van der Waals surface area (Å²) in [5.74, 6) is 1.89. The number of nitrogens with one attached hydrogen (secondary N) is 1. The topological polar surface area (TPSA) is 55.1 Å². The molecule has 0 spiro atoms. The summed E-state index contributed by atoms with van der Waals surface area (Å²) in [6.45, 7) is 0.538. The van der Waals surface area contributed by atoms with Crippen LogP contribution in [0.15, 0.2) is 18.2 Å². The average molecular weight is 290 g/mol. The molecule has 0 saturated carbocycles. The van der Waals surface area contributed by atoms with Gasteiger partial charge >= 0.3 is 0 Å². The minimum absolute atomic E-state index is 0.212. The van der Waals surface area contributed by atoms with Crippen LogP contribution in [0.1, 0.15) is 28.9 Å². The van der Waals surface area contributed by atoms with Crippen LogP contribution in [0, 0.1) is 18.2 Å². The first-order chi connectivity index (χ1) is 9.65. The van der Waals surface area contributed by atoms with Crippen molar-refractivity contribution in [2.75, 3.05) is 12.3 Å². The third-order valence-electron chi connectivity index (χ3n) is 2.94. The molecule has 1 aromatic carbocycles. The van der Waals surface area contributed by atoms with E-state index in [9.17, 15) is 9.18 Å². The van der Waals surface area contributed by atoms with Gasteiger partial charge in [-0.2, -0.15) is 0 Å². The van der Waals surface area contributed by atoms with E-state index in [0.717, 1.165) is 12.8 Å². The predicted molar refractivity (Wildman–Crippen MR) is 81.2 cm³/mol. The smallest absolute Gasteiger partial charge is 0.263 e. The van der Waals surface area contributed by atoms with Gasteiger partial charge in [0.1, 0.15) is 10.7 Å². The van der Waals surface area contributed by atoms with Crippen molar-refractivity contribution in [3.8, 4) is 12.3 Å². The van der Waals surface area contributed by atoms with Crippen molar-refractivity contribution >= 4 is 33.0 Å². The molecule has 5 heteroatoms. The van der Waals surface area contributed by atoms with Crippen molar-refractivity contribution in [2.45, 2.75) is 19.3 Å². The largest absolute Gasteiger partial charge is 0.397 e. The Bertz CT molecular complexity index is 672. The number of anilines is 1. The molecule has 1 heterocycles. The van der Waals surface area contributed by atoms with E-state index in [4.69, 9.17) is 12.2 Å². The summed E-state index contributed by atoms with van der Waals surface area (Å²) in [5, 5.41) is 3.11. The number of fused-ring (bicyclic) bond motifs is 1. The molecule has 3 N–H and O–H groups in total. The highest BCUT2D eigenvalue weighted by molar-refractivity contribution is 7.21. The molecule has 0 saturated heterocycles. The zero-order valence-electron chi connectivity index (χ0n) is 10.9. The van der Waals surface area contributed by atoms with Crippen LogP contribution in [0.25, 0.3) is 10.1 Å². The van der Waals surface area contributed by atoms with E-state index in [1.165, 1.54) is 17.4 Å². The predicted octanol–water partition coefficient (Wildman–Crippen LogP) is 3.16. The highest BCUT2D eigenvalue weighted by atomic mass is 32.1. The van der Waals surface area contributed by atoms with Crippen molar-refractivity contribution in [3.05, 3.63) is 28.9 Å². The van der Waals surface area contributed by atoms with E-state index < -0.39 is 5.82 Å². The zero-order valence-corrected chi connectivity index (χ0v) is 11.7. The van der Waals surface area contributed by atoms with Crippen LogP contribution in [-0.4, -0.2) is 12.5 Å². The molecular weight excluding hydrogens is 275 g/mol. The van der Waals surface area contributed by atoms with Gasteiger partial charge in [-0.1, -0.05) is 6.07 Å². The second kappa shape index (κ2) is 6.40. The van der Waals surface area contributed by atoms with Crippen LogP contribution in [0.5, 0.6) is 0 Å². The van der Waals surface area contributed by atoms with E-state index in [1.807, 2.05) is 0 Å². The number of hydrogen-bond donors (Lipinski definition) is 2. The maximum atomic E-state index is 13.7. The number of unbranched alkanes of at least 4 members (excludes halogenated alkanes) is 2. The molecule has 1 amide bonds. The molecule has 3 nitrogen and oxygen atoms in total.